The first-order valence-corrected chi connectivity index (χ1v) is 8.34. The number of esters is 2. The van der Waals surface area contributed by atoms with E-state index in [1.807, 2.05) is 26.0 Å². The lowest BCUT2D eigenvalue weighted by Crippen LogP contribution is -2.40. The molecule has 0 unspecified atom stereocenters. The zero-order valence-corrected chi connectivity index (χ0v) is 14.7. The summed E-state index contributed by atoms with van der Waals surface area (Å²) in [6.45, 7) is 11.1. The molecule has 1 fully saturated rings. The summed E-state index contributed by atoms with van der Waals surface area (Å²) in [4.78, 5) is 24.1. The molecule has 132 valence electrons. The van der Waals surface area contributed by atoms with Gasteiger partial charge in [0.25, 0.3) is 0 Å². The zero-order valence-electron chi connectivity index (χ0n) is 14.7. The molecule has 0 radical (unpaired) electrons. The highest BCUT2D eigenvalue weighted by atomic mass is 16.6. The molecule has 0 spiro atoms. The summed E-state index contributed by atoms with van der Waals surface area (Å²) in [5.74, 6) is -1.78. The maximum Gasteiger partial charge on any atom is 0.334 e. The number of fused-ring (bicyclic) bond motifs is 1. The Balaban J connectivity index is 2.44. The molecule has 24 heavy (non-hydrogen) atoms. The smallest absolute Gasteiger partial charge is 0.334 e. The van der Waals surface area contributed by atoms with Crippen molar-refractivity contribution < 1.29 is 24.2 Å². The van der Waals surface area contributed by atoms with Gasteiger partial charge in [-0.1, -0.05) is 32.1 Å². The molecule has 1 saturated heterocycles. The van der Waals surface area contributed by atoms with Gasteiger partial charge >= 0.3 is 11.9 Å². The van der Waals surface area contributed by atoms with Crippen LogP contribution in [-0.4, -0.2) is 35.4 Å². The Bertz CT molecular complexity index is 599. The fourth-order valence-corrected chi connectivity index (χ4v) is 3.01. The van der Waals surface area contributed by atoms with Gasteiger partial charge in [-0.05, 0) is 38.3 Å². The van der Waals surface area contributed by atoms with Gasteiger partial charge in [-0.15, -0.1) is 0 Å². The molecule has 0 aromatic heterocycles. The molecule has 0 saturated carbocycles. The highest BCUT2D eigenvalue weighted by Gasteiger charge is 2.48. The number of rotatable bonds is 2. The van der Waals surface area contributed by atoms with E-state index in [0.717, 1.165) is 24.0 Å². The zero-order chi connectivity index (χ0) is 18.0. The lowest BCUT2D eigenvalue weighted by molar-refractivity contribution is -0.154. The summed E-state index contributed by atoms with van der Waals surface area (Å²) >= 11 is 0. The second kappa shape index (κ2) is 7.34. The summed E-state index contributed by atoms with van der Waals surface area (Å²) in [5, 5.41) is 10.6. The first-order chi connectivity index (χ1) is 11.2. The van der Waals surface area contributed by atoms with Gasteiger partial charge in [-0.2, -0.15) is 0 Å². The highest BCUT2D eigenvalue weighted by molar-refractivity contribution is 5.91. The first kappa shape index (κ1) is 18.5. The fourth-order valence-electron chi connectivity index (χ4n) is 3.01. The highest BCUT2D eigenvalue weighted by Crippen LogP contribution is 2.36. The van der Waals surface area contributed by atoms with Crippen LogP contribution in [0.4, 0.5) is 0 Å². The number of carbonyl (C=O) groups excluding carboxylic acids is 2. The van der Waals surface area contributed by atoms with Gasteiger partial charge in [0.15, 0.2) is 0 Å². The Hall–Kier alpha value is -1.88. The molecule has 5 heteroatoms. The van der Waals surface area contributed by atoms with E-state index in [-0.39, 0.29) is 17.5 Å². The largest absolute Gasteiger partial charge is 0.457 e. The van der Waals surface area contributed by atoms with Crippen LogP contribution in [0.25, 0.3) is 0 Å². The molecule has 1 heterocycles. The van der Waals surface area contributed by atoms with Gasteiger partial charge < -0.3 is 14.6 Å². The number of ether oxygens (including phenoxy) is 2. The molecule has 0 bridgehead atoms. The normalized spacial score (nSPS) is 35.4. The van der Waals surface area contributed by atoms with E-state index < -0.39 is 30.2 Å². The van der Waals surface area contributed by atoms with Crippen molar-refractivity contribution in [1.82, 2.24) is 0 Å². The number of aliphatic hydroxyl groups is 1. The first-order valence-electron chi connectivity index (χ1n) is 8.34. The van der Waals surface area contributed by atoms with E-state index in [1.54, 1.807) is 13.8 Å². The molecule has 5 nitrogen and oxygen atoms in total. The van der Waals surface area contributed by atoms with Crippen molar-refractivity contribution >= 4 is 11.9 Å². The standard InChI is InChI=1S/C19H26O5/c1-10(2)18(21)23-14-9-11(3)7-6-8-12(4)16(20)17-15(14)13(5)19(22)24-17/h8-10,14-17,20H,5-7H2,1-4H3/b11-9+,12-8+/t14-,15+,16+,17-/m1/s1. The van der Waals surface area contributed by atoms with Crippen molar-refractivity contribution in [2.45, 2.75) is 58.8 Å². The molecule has 4 atom stereocenters. The van der Waals surface area contributed by atoms with E-state index in [4.69, 9.17) is 9.47 Å². The predicted octanol–water partition coefficient (Wildman–Crippen LogP) is 2.70. The molecular formula is C19H26O5. The summed E-state index contributed by atoms with van der Waals surface area (Å²) in [5.41, 5.74) is 2.04. The Morgan fingerprint density at radius 1 is 1.42 bits per heavy atom. The topological polar surface area (TPSA) is 72.8 Å². The van der Waals surface area contributed by atoms with E-state index in [9.17, 15) is 14.7 Å². The van der Waals surface area contributed by atoms with Crippen LogP contribution in [0.1, 0.15) is 40.5 Å². The van der Waals surface area contributed by atoms with Crippen molar-refractivity contribution in [2.24, 2.45) is 11.8 Å². The van der Waals surface area contributed by atoms with E-state index in [1.165, 1.54) is 0 Å². The summed E-state index contributed by atoms with van der Waals surface area (Å²) in [6, 6.07) is 0. The number of carbonyl (C=O) groups is 2. The molecule has 1 aliphatic heterocycles. The van der Waals surface area contributed by atoms with Gasteiger partial charge in [0.1, 0.15) is 18.3 Å². The monoisotopic (exact) mass is 334 g/mol. The van der Waals surface area contributed by atoms with Crippen molar-refractivity contribution in [3.05, 3.63) is 35.5 Å². The van der Waals surface area contributed by atoms with Crippen LogP contribution in [0.3, 0.4) is 0 Å². The molecule has 2 aliphatic rings. The summed E-state index contributed by atoms with van der Waals surface area (Å²) in [7, 11) is 0. The van der Waals surface area contributed by atoms with Crippen LogP contribution < -0.4 is 0 Å². The molecule has 0 aromatic carbocycles. The summed E-state index contributed by atoms with van der Waals surface area (Å²) < 4.78 is 11.0. The van der Waals surface area contributed by atoms with Crippen LogP contribution in [0, 0.1) is 11.8 Å². The average Bonchev–Trinajstić information content (AvgIpc) is 2.80. The van der Waals surface area contributed by atoms with Crippen molar-refractivity contribution in [2.75, 3.05) is 0 Å². The third kappa shape index (κ3) is 3.78. The van der Waals surface area contributed by atoms with Crippen LogP contribution in [-0.2, 0) is 19.1 Å². The van der Waals surface area contributed by atoms with Gasteiger partial charge in [0.2, 0.25) is 0 Å². The van der Waals surface area contributed by atoms with Crippen LogP contribution >= 0.6 is 0 Å². The van der Waals surface area contributed by atoms with Gasteiger partial charge in [0, 0.05) is 5.57 Å². The number of hydrogen-bond acceptors (Lipinski definition) is 5. The lowest BCUT2D eigenvalue weighted by atomic mass is 9.84. The molecule has 1 aliphatic carbocycles. The molecular weight excluding hydrogens is 308 g/mol. The molecule has 0 aromatic rings. The van der Waals surface area contributed by atoms with E-state index in [2.05, 4.69) is 6.58 Å². The average molecular weight is 334 g/mol. The quantitative estimate of drug-likeness (QED) is 0.477. The maximum absolute atomic E-state index is 12.1. The minimum atomic E-state index is -0.940. The van der Waals surface area contributed by atoms with Crippen LogP contribution in [0.2, 0.25) is 0 Å². The second-order valence-corrected chi connectivity index (χ2v) is 6.92. The predicted molar refractivity (Wildman–Crippen MR) is 90.0 cm³/mol. The van der Waals surface area contributed by atoms with Crippen molar-refractivity contribution in [3.8, 4) is 0 Å². The number of aliphatic hydroxyl groups excluding tert-OH is 1. The fraction of sp³-hybridized carbons (Fsp3) is 0.579. The van der Waals surface area contributed by atoms with E-state index in [0.29, 0.717) is 0 Å². The Morgan fingerprint density at radius 2 is 2.08 bits per heavy atom. The van der Waals surface area contributed by atoms with E-state index >= 15 is 0 Å². The summed E-state index contributed by atoms with van der Waals surface area (Å²) in [6.07, 6.45) is 2.95. The Labute approximate surface area is 143 Å². The van der Waals surface area contributed by atoms with Crippen molar-refractivity contribution in [3.63, 3.8) is 0 Å². The van der Waals surface area contributed by atoms with Gasteiger partial charge in [-0.3, -0.25) is 4.79 Å². The minimum Gasteiger partial charge on any atom is -0.457 e. The second-order valence-electron chi connectivity index (χ2n) is 6.92. The SMILES string of the molecule is C=C1C(=O)O[C@@H]2[C@@H]1[C@H](OC(=O)C(C)C)/C=C(\C)CC/C=C(\C)[C@@H]2O. The molecule has 0 amide bonds. The Kier molecular flexibility index (Phi) is 5.65. The lowest BCUT2D eigenvalue weighted by Gasteiger charge is -2.29. The maximum atomic E-state index is 12.1. The van der Waals surface area contributed by atoms with Crippen LogP contribution in [0.5, 0.6) is 0 Å². The third-order valence-corrected chi connectivity index (χ3v) is 4.57. The minimum absolute atomic E-state index is 0.234. The van der Waals surface area contributed by atoms with Crippen molar-refractivity contribution in [1.29, 1.82) is 0 Å². The van der Waals surface area contributed by atoms with Gasteiger partial charge in [-0.25, -0.2) is 4.79 Å². The molecule has 1 N–H and O–H groups in total. The number of allylic oxidation sites excluding steroid dienone is 2. The third-order valence-electron chi connectivity index (χ3n) is 4.57. The Morgan fingerprint density at radius 3 is 2.71 bits per heavy atom. The number of hydrogen-bond donors (Lipinski definition) is 1. The van der Waals surface area contributed by atoms with Gasteiger partial charge in [0.05, 0.1) is 11.8 Å². The van der Waals surface area contributed by atoms with Crippen LogP contribution in [0.15, 0.2) is 35.5 Å². The molecule has 2 rings (SSSR count).